The minimum absolute atomic E-state index is 0.00841. The molecule has 4 aliphatic rings. The predicted octanol–water partition coefficient (Wildman–Crippen LogP) is 2.77. The third-order valence-electron chi connectivity index (χ3n) is 9.66. The molecular weight excluding hydrogens is 604 g/mol. The molecule has 2 saturated heterocycles. The van der Waals surface area contributed by atoms with Crippen LogP contribution >= 0.6 is 0 Å². The minimum atomic E-state index is -1.23. The van der Waals surface area contributed by atoms with Gasteiger partial charge in [0.2, 0.25) is 11.7 Å². The summed E-state index contributed by atoms with van der Waals surface area (Å²) in [6, 6.07) is 6.02. The van der Waals surface area contributed by atoms with E-state index in [1.54, 1.807) is 4.90 Å². The zero-order valence-electron chi connectivity index (χ0n) is 28.3. The van der Waals surface area contributed by atoms with Gasteiger partial charge in [0.05, 0.1) is 37.4 Å². The van der Waals surface area contributed by atoms with Crippen molar-refractivity contribution in [3.63, 3.8) is 0 Å². The van der Waals surface area contributed by atoms with E-state index in [2.05, 4.69) is 15.8 Å². The van der Waals surface area contributed by atoms with Gasteiger partial charge < -0.3 is 30.1 Å². The number of carbonyl (C=O) groups is 4. The number of amides is 2. The van der Waals surface area contributed by atoms with Gasteiger partial charge in [-0.2, -0.15) is 0 Å². The second kappa shape index (κ2) is 14.4. The standard InChI is InChI=1S/C35H50N4O8/c1-6-8-26(30(41)32(43)36-23-11-12-23)37-31(42)28-18-35(17-27(38-47-35)22-10-7-9-21(2)15-22)20-39(28)33(44)25(34(3,4)5)16-29(40)46-24-13-14-45-19-24/h7,9-10,15,23-26,28,33,44H,6,8,11-14,16-20H2,1-5H3,(H,36,43)(H,37,42)/t24-,25+,26-,28-,33?,35+/m0/s1. The summed E-state index contributed by atoms with van der Waals surface area (Å²) in [7, 11) is 0. The van der Waals surface area contributed by atoms with Crippen LogP contribution in [0.25, 0.3) is 0 Å². The second-order valence-corrected chi connectivity index (χ2v) is 14.8. The molecule has 2 amide bonds. The molecule has 3 heterocycles. The van der Waals surface area contributed by atoms with Gasteiger partial charge in [0.25, 0.3) is 5.91 Å². The Balaban J connectivity index is 1.38. The Hall–Kier alpha value is -3.35. The largest absolute Gasteiger partial charge is 0.460 e. The zero-order valence-corrected chi connectivity index (χ0v) is 28.3. The number of rotatable bonds is 13. The molecule has 0 bridgehead atoms. The molecule has 3 fully saturated rings. The van der Waals surface area contributed by atoms with Gasteiger partial charge in [-0.15, -0.1) is 0 Å². The predicted molar refractivity (Wildman–Crippen MR) is 173 cm³/mol. The number of Topliss-reactive ketones (excluding diaryl/α,β-unsaturated/α-hetero) is 1. The molecule has 1 aromatic rings. The van der Waals surface area contributed by atoms with Crippen molar-refractivity contribution in [3.8, 4) is 0 Å². The normalized spacial score (nSPS) is 26.3. The van der Waals surface area contributed by atoms with Gasteiger partial charge >= 0.3 is 5.97 Å². The molecule has 12 nitrogen and oxygen atoms in total. The first-order valence-electron chi connectivity index (χ1n) is 17.0. The fourth-order valence-corrected chi connectivity index (χ4v) is 6.77. The number of ketones is 1. The second-order valence-electron chi connectivity index (χ2n) is 14.8. The Morgan fingerprint density at radius 3 is 2.60 bits per heavy atom. The summed E-state index contributed by atoms with van der Waals surface area (Å²) >= 11 is 0. The van der Waals surface area contributed by atoms with E-state index in [0.29, 0.717) is 38.9 Å². The molecule has 1 saturated carbocycles. The van der Waals surface area contributed by atoms with Gasteiger partial charge in [0.1, 0.15) is 12.3 Å². The number of nitrogens with zero attached hydrogens (tertiary/aromatic N) is 2. The van der Waals surface area contributed by atoms with E-state index in [4.69, 9.17) is 14.3 Å². The monoisotopic (exact) mass is 654 g/mol. The summed E-state index contributed by atoms with van der Waals surface area (Å²) in [5, 5.41) is 22.1. The lowest BCUT2D eigenvalue weighted by Gasteiger charge is -2.40. The number of nitrogens with one attached hydrogen (secondary N) is 2. The lowest BCUT2D eigenvalue weighted by Crippen LogP contribution is -2.56. The topological polar surface area (TPSA) is 156 Å². The van der Waals surface area contributed by atoms with Crippen LogP contribution in [-0.4, -0.2) is 95.1 Å². The smallest absolute Gasteiger partial charge is 0.306 e. The maximum absolute atomic E-state index is 14.1. The van der Waals surface area contributed by atoms with E-state index in [9.17, 15) is 24.3 Å². The molecule has 1 unspecified atom stereocenters. The SMILES string of the molecule is CCC[C@H](NC(=O)[C@@H]1C[C@]2(CC(c3cccc(C)c3)=NO2)CN1C(O)[C@@H](CC(=O)O[C@H]1CCOC1)C(C)(C)C)C(=O)C(=O)NC1CC1. The van der Waals surface area contributed by atoms with Crippen molar-refractivity contribution in [2.24, 2.45) is 16.5 Å². The summed E-state index contributed by atoms with van der Waals surface area (Å²) in [6.07, 6.45) is 2.16. The quantitative estimate of drug-likeness (QED) is 0.215. The molecule has 1 aliphatic carbocycles. The summed E-state index contributed by atoms with van der Waals surface area (Å²) in [4.78, 5) is 60.8. The van der Waals surface area contributed by atoms with Crippen LogP contribution in [-0.2, 0) is 33.5 Å². The molecule has 12 heteroatoms. The highest BCUT2D eigenvalue weighted by molar-refractivity contribution is 6.38. The lowest BCUT2D eigenvalue weighted by atomic mass is 9.77. The lowest BCUT2D eigenvalue weighted by molar-refractivity contribution is -0.158. The molecule has 0 aromatic heterocycles. The number of hydrogen-bond donors (Lipinski definition) is 3. The first-order chi connectivity index (χ1) is 22.3. The number of esters is 1. The molecule has 1 spiro atoms. The number of aliphatic hydroxyl groups is 1. The summed E-state index contributed by atoms with van der Waals surface area (Å²) in [5.74, 6) is -2.91. The number of benzene rings is 1. The van der Waals surface area contributed by atoms with Crippen molar-refractivity contribution in [1.82, 2.24) is 15.5 Å². The molecule has 47 heavy (non-hydrogen) atoms. The van der Waals surface area contributed by atoms with E-state index in [-0.39, 0.29) is 31.5 Å². The maximum Gasteiger partial charge on any atom is 0.306 e. The first kappa shape index (κ1) is 35.0. The summed E-state index contributed by atoms with van der Waals surface area (Å²) < 4.78 is 11.0. The van der Waals surface area contributed by atoms with Crippen molar-refractivity contribution in [2.75, 3.05) is 19.8 Å². The Morgan fingerprint density at radius 2 is 1.96 bits per heavy atom. The van der Waals surface area contributed by atoms with Crippen LogP contribution in [0, 0.1) is 18.3 Å². The van der Waals surface area contributed by atoms with Crippen molar-refractivity contribution < 1.29 is 38.6 Å². The molecule has 3 N–H and O–H groups in total. The molecule has 3 aliphatic heterocycles. The van der Waals surface area contributed by atoms with Crippen LogP contribution in [0.2, 0.25) is 0 Å². The maximum atomic E-state index is 14.1. The van der Waals surface area contributed by atoms with E-state index in [0.717, 1.165) is 29.7 Å². The Labute approximate surface area is 276 Å². The molecule has 1 aromatic carbocycles. The summed E-state index contributed by atoms with van der Waals surface area (Å²) in [6.45, 7) is 10.7. The number of oxime groups is 1. The molecular formula is C35H50N4O8. The van der Waals surface area contributed by atoms with Gasteiger partial charge in [-0.3, -0.25) is 24.1 Å². The highest BCUT2D eigenvalue weighted by Crippen LogP contribution is 2.43. The number of hydrogen-bond acceptors (Lipinski definition) is 10. The number of aryl methyl sites for hydroxylation is 1. The van der Waals surface area contributed by atoms with E-state index >= 15 is 0 Å². The third-order valence-corrected chi connectivity index (χ3v) is 9.66. The number of aliphatic hydroxyl groups excluding tert-OH is 1. The minimum Gasteiger partial charge on any atom is -0.460 e. The van der Waals surface area contributed by atoms with E-state index in [1.165, 1.54) is 0 Å². The highest BCUT2D eigenvalue weighted by Gasteiger charge is 2.56. The van der Waals surface area contributed by atoms with Crippen LogP contribution in [0.4, 0.5) is 0 Å². The Morgan fingerprint density at radius 1 is 1.19 bits per heavy atom. The van der Waals surface area contributed by atoms with Crippen molar-refractivity contribution in [1.29, 1.82) is 0 Å². The van der Waals surface area contributed by atoms with Gasteiger partial charge in [0.15, 0.2) is 5.60 Å². The van der Waals surface area contributed by atoms with Gasteiger partial charge in [0, 0.05) is 37.8 Å². The van der Waals surface area contributed by atoms with E-state index in [1.807, 2.05) is 58.9 Å². The number of carbonyl (C=O) groups excluding carboxylic acids is 4. The highest BCUT2D eigenvalue weighted by atomic mass is 16.7. The Kier molecular flexibility index (Phi) is 10.7. The van der Waals surface area contributed by atoms with Crippen molar-refractivity contribution in [2.45, 2.75) is 122 Å². The number of ether oxygens (including phenoxy) is 2. The van der Waals surface area contributed by atoms with Crippen LogP contribution < -0.4 is 10.6 Å². The molecule has 258 valence electrons. The first-order valence-corrected chi connectivity index (χ1v) is 17.0. The van der Waals surface area contributed by atoms with Crippen molar-refractivity contribution >= 4 is 29.3 Å². The van der Waals surface area contributed by atoms with E-state index < -0.39 is 58.8 Å². The third kappa shape index (κ3) is 8.58. The van der Waals surface area contributed by atoms with Gasteiger partial charge in [-0.05, 0) is 37.2 Å². The van der Waals surface area contributed by atoms with Crippen molar-refractivity contribution in [3.05, 3.63) is 35.4 Å². The zero-order chi connectivity index (χ0) is 33.9. The van der Waals surface area contributed by atoms with Crippen LogP contribution in [0.1, 0.15) is 90.2 Å². The molecule has 5 rings (SSSR count). The van der Waals surface area contributed by atoms with Crippen LogP contribution in [0.3, 0.4) is 0 Å². The fraction of sp³-hybridized carbons (Fsp3) is 0.686. The van der Waals surface area contributed by atoms with Gasteiger partial charge in [-0.25, -0.2) is 0 Å². The van der Waals surface area contributed by atoms with Gasteiger partial charge in [-0.1, -0.05) is 69.1 Å². The van der Waals surface area contributed by atoms with Crippen LogP contribution in [0.5, 0.6) is 0 Å². The molecule has 0 radical (unpaired) electrons. The molecule has 6 atom stereocenters. The Bertz CT molecular complexity index is 1370. The average Bonchev–Trinajstić information content (AvgIpc) is 3.37. The van der Waals surface area contributed by atoms with Crippen LogP contribution in [0.15, 0.2) is 29.4 Å². The summed E-state index contributed by atoms with van der Waals surface area (Å²) in [5.41, 5.74) is 1.27. The fourth-order valence-electron chi connectivity index (χ4n) is 6.77. The number of likely N-dealkylation sites (tertiary alicyclic amines) is 1. The average molecular weight is 655 g/mol.